The lowest BCUT2D eigenvalue weighted by atomic mass is 10.2. The summed E-state index contributed by atoms with van der Waals surface area (Å²) in [5, 5.41) is 0. The number of hydrogen-bond acceptors (Lipinski definition) is 2. The highest BCUT2D eigenvalue weighted by atomic mass is 28.2. The Morgan fingerprint density at radius 2 is 2.30 bits per heavy atom. The Morgan fingerprint density at radius 3 is 2.70 bits per heavy atom. The van der Waals surface area contributed by atoms with Gasteiger partial charge in [-0.05, 0) is 6.92 Å². The molecule has 0 saturated heterocycles. The maximum absolute atomic E-state index is 10.9. The summed E-state index contributed by atoms with van der Waals surface area (Å²) in [7, 11) is -0.779. The summed E-state index contributed by atoms with van der Waals surface area (Å²) in [5.74, 6) is 0.174. The predicted octanol–water partition coefficient (Wildman–Crippen LogP) is -0.206. The first-order chi connectivity index (χ1) is 4.68. The topological polar surface area (TPSA) is 38.3 Å². The Morgan fingerprint density at radius 1 is 1.70 bits per heavy atom. The molecule has 4 heteroatoms. The number of hydrogen-bond donors (Lipinski definition) is 1. The lowest BCUT2D eigenvalue weighted by Gasteiger charge is -2.05. The summed E-state index contributed by atoms with van der Waals surface area (Å²) in [6.45, 7) is 6.37. The summed E-state index contributed by atoms with van der Waals surface area (Å²) in [5.41, 5.74) is 0. The SMILES string of the molecule is CCO[SiH2]NC(=O)C(C)C. The van der Waals surface area contributed by atoms with Gasteiger partial charge in [0, 0.05) is 12.5 Å². The van der Waals surface area contributed by atoms with Crippen LogP contribution in [0.2, 0.25) is 0 Å². The van der Waals surface area contributed by atoms with E-state index in [0.29, 0.717) is 6.61 Å². The molecule has 0 aliphatic heterocycles. The van der Waals surface area contributed by atoms with Crippen LogP contribution >= 0.6 is 0 Å². The first-order valence-corrected chi connectivity index (χ1v) is 4.82. The van der Waals surface area contributed by atoms with Crippen LogP contribution in [0.5, 0.6) is 0 Å². The Balaban J connectivity index is 3.22. The Bertz CT molecular complexity index is 106. The van der Waals surface area contributed by atoms with Gasteiger partial charge in [-0.2, -0.15) is 0 Å². The van der Waals surface area contributed by atoms with Crippen LogP contribution in [-0.2, 0) is 9.22 Å². The lowest BCUT2D eigenvalue weighted by molar-refractivity contribution is -0.122. The Hall–Kier alpha value is -0.353. The fraction of sp³-hybridized carbons (Fsp3) is 0.833. The minimum atomic E-state index is -0.779. The molecule has 0 bridgehead atoms. The average Bonchev–Trinajstić information content (AvgIpc) is 1.88. The first-order valence-electron chi connectivity index (χ1n) is 3.54. The van der Waals surface area contributed by atoms with Crippen LogP contribution in [0, 0.1) is 5.92 Å². The predicted molar refractivity (Wildman–Crippen MR) is 43.2 cm³/mol. The molecule has 0 atom stereocenters. The lowest BCUT2D eigenvalue weighted by Crippen LogP contribution is -2.32. The molecule has 10 heavy (non-hydrogen) atoms. The molecule has 0 aromatic heterocycles. The molecule has 0 unspecified atom stereocenters. The van der Waals surface area contributed by atoms with Crippen LogP contribution in [0.4, 0.5) is 0 Å². The van der Waals surface area contributed by atoms with Gasteiger partial charge in [0.25, 0.3) is 9.92 Å². The van der Waals surface area contributed by atoms with Gasteiger partial charge in [0.05, 0.1) is 0 Å². The molecular formula is C6H15NO2Si. The van der Waals surface area contributed by atoms with Crippen molar-refractivity contribution in [2.45, 2.75) is 20.8 Å². The second kappa shape index (κ2) is 5.43. The molecule has 0 saturated carbocycles. The number of carbonyl (C=O) groups excluding carboxylic acids is 1. The van der Waals surface area contributed by atoms with E-state index < -0.39 is 9.92 Å². The summed E-state index contributed by atoms with van der Waals surface area (Å²) in [4.78, 5) is 13.6. The fourth-order valence-electron chi connectivity index (χ4n) is 0.428. The maximum atomic E-state index is 10.9. The van der Waals surface area contributed by atoms with Gasteiger partial charge in [0.2, 0.25) is 5.91 Å². The van der Waals surface area contributed by atoms with E-state index in [0.717, 1.165) is 0 Å². The first kappa shape index (κ1) is 9.65. The van der Waals surface area contributed by atoms with Gasteiger partial charge < -0.3 is 9.41 Å². The van der Waals surface area contributed by atoms with Gasteiger partial charge >= 0.3 is 0 Å². The summed E-state index contributed by atoms with van der Waals surface area (Å²) in [6.07, 6.45) is 0. The van der Waals surface area contributed by atoms with Gasteiger partial charge in [-0.3, -0.25) is 4.79 Å². The van der Waals surface area contributed by atoms with Crippen molar-refractivity contribution in [3.63, 3.8) is 0 Å². The van der Waals surface area contributed by atoms with Crippen molar-refractivity contribution in [1.29, 1.82) is 0 Å². The zero-order valence-electron chi connectivity index (χ0n) is 6.81. The molecular weight excluding hydrogens is 146 g/mol. The van der Waals surface area contributed by atoms with Crippen LogP contribution in [0.3, 0.4) is 0 Å². The van der Waals surface area contributed by atoms with Crippen LogP contribution in [0.15, 0.2) is 0 Å². The second-order valence-electron chi connectivity index (χ2n) is 2.33. The van der Waals surface area contributed by atoms with Gasteiger partial charge in [-0.15, -0.1) is 0 Å². The van der Waals surface area contributed by atoms with E-state index in [4.69, 9.17) is 4.43 Å². The molecule has 0 aliphatic rings. The fourth-order valence-corrected chi connectivity index (χ4v) is 1.29. The monoisotopic (exact) mass is 161 g/mol. The zero-order valence-corrected chi connectivity index (χ0v) is 8.22. The van der Waals surface area contributed by atoms with Crippen molar-refractivity contribution in [1.82, 2.24) is 4.98 Å². The molecule has 1 N–H and O–H groups in total. The molecule has 1 amide bonds. The third kappa shape index (κ3) is 4.52. The molecule has 60 valence electrons. The average molecular weight is 161 g/mol. The standard InChI is InChI=1S/C6H15NO2Si/c1-4-9-10-7-6(8)5(2)3/h5H,4,10H2,1-3H3,(H,7,8). The van der Waals surface area contributed by atoms with Crippen molar-refractivity contribution in [3.05, 3.63) is 0 Å². The second-order valence-corrected chi connectivity index (χ2v) is 3.38. The van der Waals surface area contributed by atoms with E-state index in [1.165, 1.54) is 0 Å². The quantitative estimate of drug-likeness (QED) is 0.458. The van der Waals surface area contributed by atoms with E-state index >= 15 is 0 Å². The summed E-state index contributed by atoms with van der Waals surface area (Å²) < 4.78 is 5.06. The van der Waals surface area contributed by atoms with Crippen LogP contribution in [0.1, 0.15) is 20.8 Å². The van der Waals surface area contributed by atoms with E-state index in [1.807, 2.05) is 20.8 Å². The van der Waals surface area contributed by atoms with Crippen molar-refractivity contribution >= 4 is 15.8 Å². The number of nitrogens with one attached hydrogen (secondary N) is 1. The van der Waals surface area contributed by atoms with E-state index in [1.54, 1.807) is 0 Å². The molecule has 0 fully saturated rings. The molecule has 0 aromatic carbocycles. The number of rotatable bonds is 4. The van der Waals surface area contributed by atoms with Gasteiger partial charge in [-0.25, -0.2) is 0 Å². The minimum absolute atomic E-state index is 0.0768. The van der Waals surface area contributed by atoms with Crippen LogP contribution in [-0.4, -0.2) is 22.4 Å². The van der Waals surface area contributed by atoms with E-state index in [9.17, 15) is 4.79 Å². The molecule has 0 aromatic rings. The number of carbonyl (C=O) groups is 1. The third-order valence-electron chi connectivity index (χ3n) is 1.08. The minimum Gasteiger partial charge on any atom is -0.404 e. The van der Waals surface area contributed by atoms with Gasteiger partial charge in [-0.1, -0.05) is 13.8 Å². The van der Waals surface area contributed by atoms with Crippen molar-refractivity contribution in [2.24, 2.45) is 5.92 Å². The highest BCUT2D eigenvalue weighted by Gasteiger charge is 2.04. The number of amides is 1. The molecule has 0 rings (SSSR count). The smallest absolute Gasteiger partial charge is 0.266 e. The van der Waals surface area contributed by atoms with E-state index in [-0.39, 0.29) is 11.8 Å². The molecule has 3 nitrogen and oxygen atoms in total. The Labute approximate surface area is 64.2 Å². The normalized spacial score (nSPS) is 11.2. The molecule has 0 spiro atoms. The third-order valence-corrected chi connectivity index (χ3v) is 2.18. The maximum Gasteiger partial charge on any atom is 0.266 e. The van der Waals surface area contributed by atoms with Gasteiger partial charge in [0.15, 0.2) is 0 Å². The summed E-state index contributed by atoms with van der Waals surface area (Å²) in [6, 6.07) is 0. The molecule has 0 heterocycles. The van der Waals surface area contributed by atoms with Crippen molar-refractivity contribution < 1.29 is 9.22 Å². The molecule has 0 radical (unpaired) electrons. The van der Waals surface area contributed by atoms with E-state index in [2.05, 4.69) is 4.98 Å². The molecule has 0 aliphatic carbocycles. The highest BCUT2D eigenvalue weighted by Crippen LogP contribution is 1.88. The summed E-state index contributed by atoms with van der Waals surface area (Å²) >= 11 is 0. The largest absolute Gasteiger partial charge is 0.404 e. The van der Waals surface area contributed by atoms with Crippen molar-refractivity contribution in [2.75, 3.05) is 6.61 Å². The zero-order chi connectivity index (χ0) is 7.98. The Kier molecular flexibility index (Phi) is 5.24. The highest BCUT2D eigenvalue weighted by molar-refractivity contribution is 6.29. The van der Waals surface area contributed by atoms with Gasteiger partial charge in [0.1, 0.15) is 0 Å². The van der Waals surface area contributed by atoms with Crippen molar-refractivity contribution in [3.8, 4) is 0 Å². The van der Waals surface area contributed by atoms with Crippen LogP contribution in [0.25, 0.3) is 0 Å². The van der Waals surface area contributed by atoms with Crippen LogP contribution < -0.4 is 4.98 Å².